The first-order valence-corrected chi connectivity index (χ1v) is 9.42. The zero-order chi connectivity index (χ0) is 18.3. The normalized spacial score (nSPS) is 17.9. The Morgan fingerprint density at radius 3 is 2.69 bits per heavy atom. The summed E-state index contributed by atoms with van der Waals surface area (Å²) in [6.45, 7) is 4.61. The number of fused-ring (bicyclic) bond motifs is 2. The maximum Gasteiger partial charge on any atom is 0.253 e. The third-order valence-corrected chi connectivity index (χ3v) is 6.19. The van der Waals surface area contributed by atoms with Crippen molar-refractivity contribution in [2.24, 2.45) is 5.73 Å². The van der Waals surface area contributed by atoms with Crippen LogP contribution < -0.4 is 10.5 Å². The van der Waals surface area contributed by atoms with Crippen molar-refractivity contribution in [1.82, 2.24) is 4.90 Å². The summed E-state index contributed by atoms with van der Waals surface area (Å²) in [4.78, 5) is 14.8. The van der Waals surface area contributed by atoms with Crippen molar-refractivity contribution in [1.29, 1.82) is 0 Å². The van der Waals surface area contributed by atoms with E-state index in [1.807, 2.05) is 36.1 Å². The van der Waals surface area contributed by atoms with Gasteiger partial charge in [-0.25, -0.2) is 0 Å². The number of ether oxygens (including phenoxy) is 1. The second-order valence-electron chi connectivity index (χ2n) is 7.36. The van der Waals surface area contributed by atoms with E-state index in [2.05, 4.69) is 6.07 Å². The molecule has 2 aromatic rings. The summed E-state index contributed by atoms with van der Waals surface area (Å²) in [5.74, 6) is 1.05. The topological polar surface area (TPSA) is 55.6 Å². The lowest BCUT2D eigenvalue weighted by Crippen LogP contribution is -2.46. The van der Waals surface area contributed by atoms with Crippen molar-refractivity contribution < 1.29 is 9.53 Å². The fourth-order valence-electron chi connectivity index (χ4n) is 4.05. The number of nitrogens with two attached hydrogens (primary N) is 1. The minimum absolute atomic E-state index is 0.00715. The van der Waals surface area contributed by atoms with Crippen LogP contribution in [-0.4, -0.2) is 30.5 Å². The molecule has 2 heterocycles. The number of aryl methyl sites for hydroxylation is 1. The summed E-state index contributed by atoms with van der Waals surface area (Å²) in [5, 5.41) is 0.689. The largest absolute Gasteiger partial charge is 0.492 e. The minimum atomic E-state index is 0.00715. The van der Waals surface area contributed by atoms with Crippen LogP contribution >= 0.6 is 11.6 Å². The predicted octanol–water partition coefficient (Wildman–Crippen LogP) is 3.67. The van der Waals surface area contributed by atoms with Gasteiger partial charge in [-0.1, -0.05) is 23.7 Å². The van der Waals surface area contributed by atoms with Crippen LogP contribution in [0.2, 0.25) is 5.02 Å². The molecular formula is C21H23ClN2O2. The SMILES string of the molecule is Cc1cc(C(=O)N2CCC3(CC2)COc2ccc(CN)cc23)ccc1Cl. The Morgan fingerprint density at radius 2 is 2.00 bits per heavy atom. The van der Waals surface area contributed by atoms with Crippen molar-refractivity contribution in [3.63, 3.8) is 0 Å². The minimum Gasteiger partial charge on any atom is -0.492 e. The van der Waals surface area contributed by atoms with Crippen molar-refractivity contribution in [3.05, 3.63) is 63.7 Å². The molecule has 0 unspecified atom stereocenters. The van der Waals surface area contributed by atoms with E-state index >= 15 is 0 Å². The van der Waals surface area contributed by atoms with Crippen molar-refractivity contribution in [3.8, 4) is 5.75 Å². The highest BCUT2D eigenvalue weighted by molar-refractivity contribution is 6.31. The fourth-order valence-corrected chi connectivity index (χ4v) is 4.17. The number of hydrogen-bond acceptors (Lipinski definition) is 3. The lowest BCUT2D eigenvalue weighted by molar-refractivity contribution is 0.0646. The van der Waals surface area contributed by atoms with Crippen LogP contribution in [0.4, 0.5) is 0 Å². The Kier molecular flexibility index (Phi) is 4.41. The molecule has 1 spiro atoms. The molecule has 1 amide bonds. The third-order valence-electron chi connectivity index (χ3n) is 5.77. The highest BCUT2D eigenvalue weighted by Gasteiger charge is 2.43. The standard InChI is InChI=1S/C21H23ClN2O2/c1-14-10-16(3-4-18(14)22)20(25)24-8-6-21(7-9-24)13-26-19-5-2-15(12-23)11-17(19)21/h2-5,10-11H,6-9,12-13,23H2,1H3. The monoisotopic (exact) mass is 370 g/mol. The second-order valence-corrected chi connectivity index (χ2v) is 7.77. The highest BCUT2D eigenvalue weighted by Crippen LogP contribution is 2.46. The zero-order valence-corrected chi connectivity index (χ0v) is 15.7. The molecule has 1 fully saturated rings. The molecule has 2 aliphatic heterocycles. The van der Waals surface area contributed by atoms with Crippen LogP contribution in [0.5, 0.6) is 5.75 Å². The number of halogens is 1. The quantitative estimate of drug-likeness (QED) is 0.877. The smallest absolute Gasteiger partial charge is 0.253 e. The van der Waals surface area contributed by atoms with E-state index in [0.29, 0.717) is 23.7 Å². The van der Waals surface area contributed by atoms with E-state index in [-0.39, 0.29) is 11.3 Å². The first-order chi connectivity index (χ1) is 12.5. The molecule has 5 heteroatoms. The van der Waals surface area contributed by atoms with Gasteiger partial charge in [-0.15, -0.1) is 0 Å². The molecule has 2 aliphatic rings. The van der Waals surface area contributed by atoms with Gasteiger partial charge < -0.3 is 15.4 Å². The molecule has 4 rings (SSSR count). The summed E-state index contributed by atoms with van der Waals surface area (Å²) < 4.78 is 5.94. The molecule has 0 atom stereocenters. The summed E-state index contributed by atoms with van der Waals surface area (Å²) in [7, 11) is 0. The lowest BCUT2D eigenvalue weighted by Gasteiger charge is -2.38. The third kappa shape index (κ3) is 2.87. The van der Waals surface area contributed by atoms with Crippen molar-refractivity contribution >= 4 is 17.5 Å². The average molecular weight is 371 g/mol. The number of hydrogen-bond donors (Lipinski definition) is 1. The molecule has 0 bridgehead atoms. The number of carbonyl (C=O) groups is 1. The average Bonchev–Trinajstić information content (AvgIpc) is 3.01. The van der Waals surface area contributed by atoms with E-state index in [1.54, 1.807) is 6.07 Å². The highest BCUT2D eigenvalue weighted by atomic mass is 35.5. The summed E-state index contributed by atoms with van der Waals surface area (Å²) in [6.07, 6.45) is 1.82. The van der Waals surface area contributed by atoms with Gasteiger partial charge in [-0.05, 0) is 55.2 Å². The van der Waals surface area contributed by atoms with E-state index < -0.39 is 0 Å². The van der Waals surface area contributed by atoms with Crippen LogP contribution in [0.3, 0.4) is 0 Å². The Hall–Kier alpha value is -2.04. The van der Waals surface area contributed by atoms with Gasteiger partial charge in [0.2, 0.25) is 0 Å². The molecule has 2 N–H and O–H groups in total. The number of carbonyl (C=O) groups excluding carboxylic acids is 1. The maximum absolute atomic E-state index is 12.8. The molecule has 136 valence electrons. The molecule has 2 aromatic carbocycles. The van der Waals surface area contributed by atoms with Gasteiger partial charge in [0.05, 0.1) is 6.61 Å². The lowest BCUT2D eigenvalue weighted by atomic mass is 9.74. The number of amides is 1. The first kappa shape index (κ1) is 17.4. The number of likely N-dealkylation sites (tertiary alicyclic amines) is 1. The Bertz CT molecular complexity index is 857. The second kappa shape index (κ2) is 6.60. The fraction of sp³-hybridized carbons (Fsp3) is 0.381. The van der Waals surface area contributed by atoms with Crippen LogP contribution in [0.15, 0.2) is 36.4 Å². The van der Waals surface area contributed by atoms with E-state index in [0.717, 1.165) is 42.8 Å². The van der Waals surface area contributed by atoms with E-state index in [1.165, 1.54) is 5.56 Å². The Labute approximate surface area is 158 Å². The van der Waals surface area contributed by atoms with Crippen LogP contribution in [0.25, 0.3) is 0 Å². The number of nitrogens with zero attached hydrogens (tertiary/aromatic N) is 1. The number of rotatable bonds is 2. The van der Waals surface area contributed by atoms with Gasteiger partial charge in [-0.3, -0.25) is 4.79 Å². The van der Waals surface area contributed by atoms with Gasteiger partial charge in [0, 0.05) is 41.2 Å². The van der Waals surface area contributed by atoms with Gasteiger partial charge in [0.25, 0.3) is 5.91 Å². The Morgan fingerprint density at radius 1 is 1.23 bits per heavy atom. The van der Waals surface area contributed by atoms with Crippen molar-refractivity contribution in [2.45, 2.75) is 31.7 Å². The molecular weight excluding hydrogens is 348 g/mol. The summed E-state index contributed by atoms with van der Waals surface area (Å²) in [6, 6.07) is 11.7. The molecule has 4 nitrogen and oxygen atoms in total. The van der Waals surface area contributed by atoms with Crippen molar-refractivity contribution in [2.75, 3.05) is 19.7 Å². The summed E-state index contributed by atoms with van der Waals surface area (Å²) >= 11 is 6.08. The van der Waals surface area contributed by atoms with Gasteiger partial charge in [-0.2, -0.15) is 0 Å². The van der Waals surface area contributed by atoms with Gasteiger partial charge >= 0.3 is 0 Å². The van der Waals surface area contributed by atoms with E-state index in [9.17, 15) is 4.79 Å². The van der Waals surface area contributed by atoms with Crippen LogP contribution in [-0.2, 0) is 12.0 Å². The molecule has 26 heavy (non-hydrogen) atoms. The van der Waals surface area contributed by atoms with Gasteiger partial charge in [0.15, 0.2) is 0 Å². The first-order valence-electron chi connectivity index (χ1n) is 9.04. The zero-order valence-electron chi connectivity index (χ0n) is 14.9. The number of piperidine rings is 1. The van der Waals surface area contributed by atoms with E-state index in [4.69, 9.17) is 22.1 Å². The Balaban J connectivity index is 1.52. The maximum atomic E-state index is 12.8. The molecule has 1 saturated heterocycles. The number of benzene rings is 2. The molecule has 0 aromatic heterocycles. The molecule has 0 aliphatic carbocycles. The molecule has 0 radical (unpaired) electrons. The summed E-state index contributed by atoms with van der Waals surface area (Å²) in [5.41, 5.74) is 9.84. The van der Waals surface area contributed by atoms with Crippen LogP contribution in [0.1, 0.15) is 39.9 Å². The molecule has 0 saturated carbocycles. The van der Waals surface area contributed by atoms with Gasteiger partial charge in [0.1, 0.15) is 5.75 Å². The predicted molar refractivity (Wildman–Crippen MR) is 103 cm³/mol. The van der Waals surface area contributed by atoms with Crippen LogP contribution in [0, 0.1) is 6.92 Å².